The van der Waals surface area contributed by atoms with E-state index < -0.39 is 11.9 Å². The van der Waals surface area contributed by atoms with E-state index in [1.54, 1.807) is 6.92 Å². The molecule has 0 saturated heterocycles. The maximum Gasteiger partial charge on any atom is 0.316 e. The van der Waals surface area contributed by atoms with Crippen molar-refractivity contribution in [1.29, 1.82) is 0 Å². The molecule has 0 radical (unpaired) electrons. The normalized spacial score (nSPS) is 11.9. The highest BCUT2D eigenvalue weighted by molar-refractivity contribution is 8.00. The number of carbonyl (C=O) groups is 2. The van der Waals surface area contributed by atoms with E-state index in [4.69, 9.17) is 4.74 Å². The van der Waals surface area contributed by atoms with Crippen molar-refractivity contribution in [2.75, 3.05) is 12.4 Å². The van der Waals surface area contributed by atoms with Crippen LogP contribution in [0.5, 0.6) is 0 Å². The monoisotopic (exact) mass is 266 g/mol. The second-order valence-electron chi connectivity index (χ2n) is 3.78. The predicted molar refractivity (Wildman–Crippen MR) is 72.6 cm³/mol. The van der Waals surface area contributed by atoms with Gasteiger partial charge in [0, 0.05) is 4.90 Å². The van der Waals surface area contributed by atoms with E-state index in [1.165, 1.54) is 11.8 Å². The summed E-state index contributed by atoms with van der Waals surface area (Å²) in [6.45, 7) is 3.88. The molecule has 1 atom stereocenters. The largest absolute Gasteiger partial charge is 0.465 e. The number of thioether (sulfide) groups is 1. The number of ketones is 1. The summed E-state index contributed by atoms with van der Waals surface area (Å²) in [5.41, 5.74) is 0. The summed E-state index contributed by atoms with van der Waals surface area (Å²) in [4.78, 5) is 24.5. The van der Waals surface area contributed by atoms with Gasteiger partial charge in [0.2, 0.25) is 0 Å². The van der Waals surface area contributed by atoms with Crippen LogP contribution in [0, 0.1) is 5.92 Å². The Morgan fingerprint density at radius 3 is 2.44 bits per heavy atom. The van der Waals surface area contributed by atoms with E-state index in [9.17, 15) is 9.59 Å². The first-order valence-corrected chi connectivity index (χ1v) is 7.04. The van der Waals surface area contributed by atoms with Crippen molar-refractivity contribution in [1.82, 2.24) is 0 Å². The first-order valence-electron chi connectivity index (χ1n) is 6.06. The molecule has 18 heavy (non-hydrogen) atoms. The Labute approximate surface area is 112 Å². The molecule has 3 nitrogen and oxygen atoms in total. The fourth-order valence-electron chi connectivity index (χ4n) is 1.54. The number of benzene rings is 1. The van der Waals surface area contributed by atoms with Crippen LogP contribution in [0.2, 0.25) is 0 Å². The average Bonchev–Trinajstić information content (AvgIpc) is 2.39. The molecule has 0 aliphatic carbocycles. The molecule has 0 aliphatic rings. The van der Waals surface area contributed by atoms with Crippen LogP contribution in [0.1, 0.15) is 20.3 Å². The molecule has 1 rings (SSSR count). The summed E-state index contributed by atoms with van der Waals surface area (Å²) in [6.07, 6.45) is 0.493. The number of hydrogen-bond donors (Lipinski definition) is 0. The minimum absolute atomic E-state index is 0.0650. The minimum atomic E-state index is -0.624. The first-order chi connectivity index (χ1) is 8.69. The Kier molecular flexibility index (Phi) is 6.50. The van der Waals surface area contributed by atoms with E-state index >= 15 is 0 Å². The summed E-state index contributed by atoms with van der Waals surface area (Å²) in [7, 11) is 0. The zero-order valence-electron chi connectivity index (χ0n) is 10.7. The van der Waals surface area contributed by atoms with Gasteiger partial charge in [0.15, 0.2) is 5.78 Å². The van der Waals surface area contributed by atoms with Crippen molar-refractivity contribution in [2.24, 2.45) is 5.92 Å². The summed E-state index contributed by atoms with van der Waals surface area (Å²) < 4.78 is 4.90. The van der Waals surface area contributed by atoms with E-state index in [1.807, 2.05) is 37.3 Å². The molecule has 0 aromatic heterocycles. The second kappa shape index (κ2) is 7.93. The predicted octanol–water partition coefficient (Wildman–Crippen LogP) is 2.94. The molecule has 1 aromatic carbocycles. The van der Waals surface area contributed by atoms with Crippen molar-refractivity contribution in [3.63, 3.8) is 0 Å². The van der Waals surface area contributed by atoms with Crippen LogP contribution in [0.3, 0.4) is 0 Å². The Morgan fingerprint density at radius 1 is 1.22 bits per heavy atom. The van der Waals surface area contributed by atoms with Crippen LogP contribution < -0.4 is 0 Å². The lowest BCUT2D eigenvalue weighted by Crippen LogP contribution is -2.27. The molecular weight excluding hydrogens is 248 g/mol. The van der Waals surface area contributed by atoms with Crippen LogP contribution >= 0.6 is 11.8 Å². The van der Waals surface area contributed by atoms with Crippen molar-refractivity contribution in [3.05, 3.63) is 30.3 Å². The van der Waals surface area contributed by atoms with Crippen LogP contribution in [0.15, 0.2) is 35.2 Å². The lowest BCUT2D eigenvalue weighted by molar-refractivity contribution is -0.151. The molecule has 1 unspecified atom stereocenters. The Hall–Kier alpha value is -1.29. The van der Waals surface area contributed by atoms with E-state index in [0.29, 0.717) is 18.8 Å². The van der Waals surface area contributed by atoms with Crippen molar-refractivity contribution < 1.29 is 14.3 Å². The molecule has 0 fully saturated rings. The lowest BCUT2D eigenvalue weighted by atomic mass is 10.0. The van der Waals surface area contributed by atoms with Gasteiger partial charge >= 0.3 is 5.97 Å². The number of ether oxygens (including phenoxy) is 1. The quantitative estimate of drug-likeness (QED) is 0.432. The Bertz CT molecular complexity index is 389. The molecule has 0 heterocycles. The zero-order valence-corrected chi connectivity index (χ0v) is 11.5. The topological polar surface area (TPSA) is 43.4 Å². The van der Waals surface area contributed by atoms with E-state index in [-0.39, 0.29) is 5.78 Å². The van der Waals surface area contributed by atoms with Gasteiger partial charge in [-0.15, -0.1) is 11.8 Å². The SMILES string of the molecule is CCOC(=O)C(CC)C(=O)CSc1ccccc1. The van der Waals surface area contributed by atoms with Gasteiger partial charge in [0.05, 0.1) is 12.4 Å². The van der Waals surface area contributed by atoms with E-state index in [2.05, 4.69) is 0 Å². The van der Waals surface area contributed by atoms with E-state index in [0.717, 1.165) is 4.90 Å². The second-order valence-corrected chi connectivity index (χ2v) is 4.83. The molecule has 0 N–H and O–H groups in total. The highest BCUT2D eigenvalue weighted by Crippen LogP contribution is 2.19. The summed E-state index contributed by atoms with van der Waals surface area (Å²) in [5.74, 6) is -0.786. The number of Topliss-reactive ketones (excluding diaryl/α,β-unsaturated/α-hetero) is 1. The smallest absolute Gasteiger partial charge is 0.316 e. The van der Waals surface area contributed by atoms with Crippen LogP contribution in [-0.4, -0.2) is 24.1 Å². The van der Waals surface area contributed by atoms with Gasteiger partial charge in [-0.25, -0.2) is 0 Å². The summed E-state index contributed by atoms with van der Waals surface area (Å²) >= 11 is 1.45. The van der Waals surface area contributed by atoms with Crippen molar-refractivity contribution in [2.45, 2.75) is 25.2 Å². The number of esters is 1. The highest BCUT2D eigenvalue weighted by atomic mass is 32.2. The zero-order chi connectivity index (χ0) is 13.4. The van der Waals surface area contributed by atoms with Gasteiger partial charge in [-0.1, -0.05) is 25.1 Å². The first kappa shape index (κ1) is 14.8. The van der Waals surface area contributed by atoms with Crippen LogP contribution in [-0.2, 0) is 14.3 Å². The summed E-state index contributed by atoms with van der Waals surface area (Å²) in [6, 6.07) is 9.68. The molecule has 0 spiro atoms. The fourth-order valence-corrected chi connectivity index (χ4v) is 2.40. The van der Waals surface area contributed by atoms with Gasteiger partial charge in [-0.3, -0.25) is 9.59 Å². The molecule has 98 valence electrons. The minimum Gasteiger partial charge on any atom is -0.465 e. The number of rotatable bonds is 7. The third-order valence-corrected chi connectivity index (χ3v) is 3.53. The maximum absolute atomic E-state index is 11.9. The average molecular weight is 266 g/mol. The highest BCUT2D eigenvalue weighted by Gasteiger charge is 2.25. The van der Waals surface area contributed by atoms with Crippen LogP contribution in [0.4, 0.5) is 0 Å². The Balaban J connectivity index is 2.50. The lowest BCUT2D eigenvalue weighted by Gasteiger charge is -2.12. The van der Waals surface area contributed by atoms with Crippen molar-refractivity contribution >= 4 is 23.5 Å². The van der Waals surface area contributed by atoms with Gasteiger partial charge in [0.1, 0.15) is 5.92 Å². The Morgan fingerprint density at radius 2 is 1.89 bits per heavy atom. The molecule has 0 aliphatic heterocycles. The van der Waals surface area contributed by atoms with Gasteiger partial charge < -0.3 is 4.74 Å². The number of hydrogen-bond acceptors (Lipinski definition) is 4. The fraction of sp³-hybridized carbons (Fsp3) is 0.429. The van der Waals surface area contributed by atoms with Crippen molar-refractivity contribution in [3.8, 4) is 0 Å². The molecule has 0 amide bonds. The molecule has 0 bridgehead atoms. The molecule has 4 heteroatoms. The number of carbonyl (C=O) groups excluding carboxylic acids is 2. The van der Waals surface area contributed by atoms with Gasteiger partial charge in [-0.2, -0.15) is 0 Å². The molecule has 1 aromatic rings. The maximum atomic E-state index is 11.9. The van der Waals surface area contributed by atoms with Crippen LogP contribution in [0.25, 0.3) is 0 Å². The molecule has 0 saturated carbocycles. The molecular formula is C14H18O3S. The summed E-state index contributed by atoms with van der Waals surface area (Å²) in [5, 5.41) is 0. The third kappa shape index (κ3) is 4.53. The third-order valence-electron chi connectivity index (χ3n) is 2.49. The standard InChI is InChI=1S/C14H18O3S/c1-3-12(14(16)17-4-2)13(15)10-18-11-8-6-5-7-9-11/h5-9,12H,3-4,10H2,1-2H3. The van der Waals surface area contributed by atoms with Gasteiger partial charge in [-0.05, 0) is 25.5 Å². The van der Waals surface area contributed by atoms with Gasteiger partial charge in [0.25, 0.3) is 0 Å².